The van der Waals surface area contributed by atoms with Gasteiger partial charge in [0.2, 0.25) is 0 Å². The molecule has 1 N–H and O–H groups in total. The van der Waals surface area contributed by atoms with Crippen LogP contribution >= 0.6 is 11.3 Å². The Morgan fingerprint density at radius 1 is 1.29 bits per heavy atom. The quantitative estimate of drug-likeness (QED) is 0.822. The van der Waals surface area contributed by atoms with Crippen LogP contribution in [0.25, 0.3) is 0 Å². The Kier molecular flexibility index (Phi) is 4.63. The summed E-state index contributed by atoms with van der Waals surface area (Å²) in [5.74, 6) is 0.811. The molecular weight excluding hydrogens is 232 g/mol. The van der Waals surface area contributed by atoms with Crippen molar-refractivity contribution in [1.82, 2.24) is 0 Å². The topological polar surface area (TPSA) is 29.5 Å². The number of hydrogen-bond donors (Lipinski definition) is 1. The van der Waals surface area contributed by atoms with E-state index in [-0.39, 0.29) is 0 Å². The lowest BCUT2D eigenvalue weighted by Crippen LogP contribution is -2.03. The van der Waals surface area contributed by atoms with Gasteiger partial charge in [-0.05, 0) is 42.7 Å². The van der Waals surface area contributed by atoms with E-state index in [1.54, 1.807) is 18.4 Å². The number of aliphatic hydroxyl groups is 1. The SMILES string of the molecule is COc1ccsc1C(O)/C1=C/CCCCCC1. The van der Waals surface area contributed by atoms with Crippen LogP contribution in [0.4, 0.5) is 0 Å². The molecule has 0 amide bonds. The summed E-state index contributed by atoms with van der Waals surface area (Å²) in [5, 5.41) is 12.4. The number of hydrogen-bond acceptors (Lipinski definition) is 3. The molecule has 1 aliphatic carbocycles. The largest absolute Gasteiger partial charge is 0.495 e. The highest BCUT2D eigenvalue weighted by Crippen LogP contribution is 2.37. The minimum atomic E-state index is -0.469. The summed E-state index contributed by atoms with van der Waals surface area (Å²) < 4.78 is 5.28. The van der Waals surface area contributed by atoms with Crippen LogP contribution < -0.4 is 4.74 Å². The molecular formula is C14H20O2S. The molecule has 0 bridgehead atoms. The summed E-state index contributed by atoms with van der Waals surface area (Å²) in [6, 6.07) is 1.92. The Bertz CT molecular complexity index is 381. The van der Waals surface area contributed by atoms with E-state index in [1.165, 1.54) is 31.3 Å². The first-order valence-corrected chi connectivity index (χ1v) is 7.19. The molecule has 1 atom stereocenters. The van der Waals surface area contributed by atoms with E-state index in [2.05, 4.69) is 6.08 Å². The van der Waals surface area contributed by atoms with E-state index in [4.69, 9.17) is 4.74 Å². The zero-order valence-corrected chi connectivity index (χ0v) is 11.1. The number of ether oxygens (including phenoxy) is 1. The summed E-state index contributed by atoms with van der Waals surface area (Å²) in [5.41, 5.74) is 1.17. The van der Waals surface area contributed by atoms with Gasteiger partial charge in [0.05, 0.1) is 12.0 Å². The first-order valence-electron chi connectivity index (χ1n) is 6.31. The van der Waals surface area contributed by atoms with Crippen LogP contribution in [0.1, 0.15) is 49.5 Å². The van der Waals surface area contributed by atoms with Crippen molar-refractivity contribution in [2.24, 2.45) is 0 Å². The fourth-order valence-electron chi connectivity index (χ4n) is 2.31. The smallest absolute Gasteiger partial charge is 0.135 e. The molecule has 1 aromatic heterocycles. The number of allylic oxidation sites excluding steroid dienone is 1. The van der Waals surface area contributed by atoms with Gasteiger partial charge >= 0.3 is 0 Å². The highest BCUT2D eigenvalue weighted by atomic mass is 32.1. The Morgan fingerprint density at radius 3 is 2.94 bits per heavy atom. The van der Waals surface area contributed by atoms with Gasteiger partial charge in [0.25, 0.3) is 0 Å². The van der Waals surface area contributed by atoms with Crippen LogP contribution in [0.15, 0.2) is 23.1 Å². The van der Waals surface area contributed by atoms with Crippen LogP contribution in [0.2, 0.25) is 0 Å². The minimum Gasteiger partial charge on any atom is -0.495 e. The van der Waals surface area contributed by atoms with Gasteiger partial charge in [-0.15, -0.1) is 11.3 Å². The first kappa shape index (κ1) is 12.7. The van der Waals surface area contributed by atoms with Crippen molar-refractivity contribution in [3.05, 3.63) is 28.0 Å². The molecule has 1 aromatic rings. The standard InChI is InChI=1S/C14H20O2S/c1-16-12-9-10-17-14(12)13(15)11-7-5-3-2-4-6-8-11/h7,9-10,13,15H,2-6,8H2,1H3/b11-7+. The molecule has 0 saturated carbocycles. The number of aliphatic hydroxyl groups excluding tert-OH is 1. The fraction of sp³-hybridized carbons (Fsp3) is 0.571. The van der Waals surface area contributed by atoms with Crippen molar-refractivity contribution in [3.8, 4) is 5.75 Å². The van der Waals surface area contributed by atoms with Gasteiger partial charge < -0.3 is 9.84 Å². The normalized spacial score (nSPS) is 22.1. The molecule has 0 spiro atoms. The maximum Gasteiger partial charge on any atom is 0.135 e. The van der Waals surface area contributed by atoms with E-state index in [1.807, 2.05) is 11.4 Å². The Labute approximate surface area is 107 Å². The third-order valence-corrected chi connectivity index (χ3v) is 4.25. The summed E-state index contributed by atoms with van der Waals surface area (Å²) in [7, 11) is 1.66. The maximum absolute atomic E-state index is 10.4. The lowest BCUT2D eigenvalue weighted by Gasteiger charge is -2.17. The Balaban J connectivity index is 2.14. The van der Waals surface area contributed by atoms with Gasteiger partial charge in [-0.1, -0.05) is 18.9 Å². The van der Waals surface area contributed by atoms with Crippen molar-refractivity contribution in [3.63, 3.8) is 0 Å². The average molecular weight is 252 g/mol. The monoisotopic (exact) mass is 252 g/mol. The summed E-state index contributed by atoms with van der Waals surface area (Å²) in [4.78, 5) is 0.944. The van der Waals surface area contributed by atoms with Gasteiger partial charge in [-0.25, -0.2) is 0 Å². The molecule has 0 saturated heterocycles. The number of methoxy groups -OCH3 is 1. The highest BCUT2D eigenvalue weighted by molar-refractivity contribution is 7.10. The Hall–Kier alpha value is -0.800. The third kappa shape index (κ3) is 3.11. The Morgan fingerprint density at radius 2 is 2.12 bits per heavy atom. The van der Waals surface area contributed by atoms with Crippen LogP contribution in [0.3, 0.4) is 0 Å². The molecule has 94 valence electrons. The highest BCUT2D eigenvalue weighted by Gasteiger charge is 2.19. The number of rotatable bonds is 3. The van der Waals surface area contributed by atoms with Crippen molar-refractivity contribution in [2.45, 2.75) is 44.6 Å². The van der Waals surface area contributed by atoms with Crippen molar-refractivity contribution in [2.75, 3.05) is 7.11 Å². The fourth-order valence-corrected chi connectivity index (χ4v) is 3.20. The van der Waals surface area contributed by atoms with Gasteiger partial charge in [0.15, 0.2) is 0 Å². The van der Waals surface area contributed by atoms with Gasteiger partial charge in [0.1, 0.15) is 11.9 Å². The van der Waals surface area contributed by atoms with Crippen LogP contribution in [0, 0.1) is 0 Å². The second-order valence-corrected chi connectivity index (χ2v) is 5.44. The average Bonchev–Trinajstić information content (AvgIpc) is 2.75. The first-order chi connectivity index (χ1) is 8.33. The maximum atomic E-state index is 10.4. The molecule has 0 aliphatic heterocycles. The zero-order chi connectivity index (χ0) is 12.1. The lowest BCUT2D eigenvalue weighted by molar-refractivity contribution is 0.208. The molecule has 1 unspecified atom stereocenters. The van der Waals surface area contributed by atoms with E-state index >= 15 is 0 Å². The molecule has 3 heteroatoms. The summed E-state index contributed by atoms with van der Waals surface area (Å²) in [6.07, 6.45) is 8.91. The number of thiophene rings is 1. The van der Waals surface area contributed by atoms with Gasteiger partial charge in [-0.3, -0.25) is 0 Å². The third-order valence-electron chi connectivity index (χ3n) is 3.30. The van der Waals surface area contributed by atoms with Crippen LogP contribution in [0.5, 0.6) is 5.75 Å². The zero-order valence-electron chi connectivity index (χ0n) is 10.3. The molecule has 0 radical (unpaired) electrons. The minimum absolute atomic E-state index is 0.469. The van der Waals surface area contributed by atoms with Gasteiger partial charge in [-0.2, -0.15) is 0 Å². The lowest BCUT2D eigenvalue weighted by atomic mass is 9.95. The van der Waals surface area contributed by atoms with E-state index < -0.39 is 6.10 Å². The predicted molar refractivity (Wildman–Crippen MR) is 71.6 cm³/mol. The molecule has 0 aromatic carbocycles. The molecule has 2 nitrogen and oxygen atoms in total. The van der Waals surface area contributed by atoms with Gasteiger partial charge in [0, 0.05) is 0 Å². The molecule has 0 fully saturated rings. The summed E-state index contributed by atoms with van der Waals surface area (Å²) in [6.45, 7) is 0. The molecule has 1 heterocycles. The van der Waals surface area contributed by atoms with Crippen LogP contribution in [-0.2, 0) is 0 Å². The molecule has 17 heavy (non-hydrogen) atoms. The molecule has 1 aliphatic rings. The van der Waals surface area contributed by atoms with Crippen molar-refractivity contribution in [1.29, 1.82) is 0 Å². The predicted octanol–water partition coefficient (Wildman–Crippen LogP) is 4.07. The van der Waals surface area contributed by atoms with Crippen molar-refractivity contribution < 1.29 is 9.84 Å². The van der Waals surface area contributed by atoms with Crippen molar-refractivity contribution >= 4 is 11.3 Å². The molecule has 2 rings (SSSR count). The second-order valence-electron chi connectivity index (χ2n) is 4.49. The van der Waals surface area contributed by atoms with E-state index in [0.29, 0.717) is 0 Å². The van der Waals surface area contributed by atoms with Crippen LogP contribution in [-0.4, -0.2) is 12.2 Å². The second kappa shape index (κ2) is 6.22. The van der Waals surface area contributed by atoms with E-state index in [9.17, 15) is 5.11 Å². The summed E-state index contributed by atoms with van der Waals surface area (Å²) >= 11 is 1.57. The van der Waals surface area contributed by atoms with E-state index in [0.717, 1.165) is 23.5 Å².